The van der Waals surface area contributed by atoms with Crippen LogP contribution >= 0.6 is 0 Å². The number of aromatic nitrogens is 3. The first-order valence-electron chi connectivity index (χ1n) is 10.9. The first-order chi connectivity index (χ1) is 15.3. The first kappa shape index (κ1) is 22.1. The molecule has 172 valence electrons. The average molecular weight is 444 g/mol. The van der Waals surface area contributed by atoms with Gasteiger partial charge in [-0.25, -0.2) is 0 Å². The van der Waals surface area contributed by atoms with Crippen LogP contribution in [0.2, 0.25) is 0 Å². The van der Waals surface area contributed by atoms with Crippen LogP contribution in [0.5, 0.6) is 5.88 Å². The van der Waals surface area contributed by atoms with Crippen LogP contribution in [0, 0.1) is 5.92 Å². The Morgan fingerprint density at radius 2 is 2.09 bits per heavy atom. The molecule has 2 aromatic rings. The second-order valence-electron chi connectivity index (χ2n) is 8.86. The molecule has 32 heavy (non-hydrogen) atoms. The van der Waals surface area contributed by atoms with Crippen molar-refractivity contribution in [3.05, 3.63) is 33.8 Å². The minimum absolute atomic E-state index is 0.0395. The maximum atomic E-state index is 13.2. The zero-order chi connectivity index (χ0) is 23.0. The van der Waals surface area contributed by atoms with Gasteiger partial charge in [-0.2, -0.15) is 9.61 Å². The number of aromatic hydroxyl groups is 1. The molecule has 10 heteroatoms. The van der Waals surface area contributed by atoms with Gasteiger partial charge in [-0.05, 0) is 31.3 Å². The molecule has 1 saturated carbocycles. The summed E-state index contributed by atoms with van der Waals surface area (Å²) in [6, 6.07) is 0.0426. The molecular weight excluding hydrogens is 414 g/mol. The molecule has 0 aromatic carbocycles. The molecule has 2 aliphatic rings. The van der Waals surface area contributed by atoms with E-state index in [4.69, 9.17) is 4.74 Å². The summed E-state index contributed by atoms with van der Waals surface area (Å²) >= 11 is 0. The third kappa shape index (κ3) is 4.27. The van der Waals surface area contributed by atoms with E-state index < -0.39 is 17.3 Å². The highest BCUT2D eigenvalue weighted by Gasteiger charge is 2.30. The second kappa shape index (κ2) is 8.78. The van der Waals surface area contributed by atoms with Gasteiger partial charge in [0.15, 0.2) is 5.56 Å². The van der Waals surface area contributed by atoms with Crippen LogP contribution in [0.4, 0.5) is 0 Å². The zero-order valence-electron chi connectivity index (χ0n) is 18.6. The lowest BCUT2D eigenvalue weighted by Gasteiger charge is -2.15. The minimum Gasteiger partial charge on any atom is -0.492 e. The van der Waals surface area contributed by atoms with Gasteiger partial charge in [0.05, 0.1) is 12.3 Å². The largest absolute Gasteiger partial charge is 0.492 e. The van der Waals surface area contributed by atoms with Gasteiger partial charge in [0.1, 0.15) is 5.65 Å². The normalized spacial score (nSPS) is 18.9. The van der Waals surface area contributed by atoms with E-state index >= 15 is 0 Å². The Morgan fingerprint density at radius 3 is 2.72 bits per heavy atom. The predicted molar refractivity (Wildman–Crippen MR) is 117 cm³/mol. The quantitative estimate of drug-likeness (QED) is 0.617. The molecule has 1 aliphatic carbocycles. The van der Waals surface area contributed by atoms with Gasteiger partial charge < -0.3 is 20.1 Å². The first-order valence-corrected chi connectivity index (χ1v) is 10.9. The summed E-state index contributed by atoms with van der Waals surface area (Å²) in [5.74, 6) is -1.16. The van der Waals surface area contributed by atoms with Crippen molar-refractivity contribution in [2.75, 3.05) is 20.2 Å². The molecule has 2 fully saturated rings. The monoisotopic (exact) mass is 443 g/mol. The zero-order valence-corrected chi connectivity index (χ0v) is 18.6. The van der Waals surface area contributed by atoms with Gasteiger partial charge >= 0.3 is 0 Å². The van der Waals surface area contributed by atoms with E-state index in [1.807, 2.05) is 13.8 Å². The minimum atomic E-state index is -0.598. The number of carbonyl (C=O) groups excluding carboxylic acids is 2. The molecule has 0 bridgehead atoms. The SMILES string of the molecule is CO[C@@H]1CCN(C(=O)/C=C/c2cnn3c(O)c(C(=O)NC4CC4)c(=O)n(CC(C)C)c23)C1. The Kier molecular flexibility index (Phi) is 6.05. The average Bonchev–Trinajstić information content (AvgIpc) is 3.26. The van der Waals surface area contributed by atoms with Crippen molar-refractivity contribution < 1.29 is 19.4 Å². The fraction of sp³-hybridized carbons (Fsp3) is 0.545. The number of likely N-dealkylation sites (tertiary alicyclic amines) is 1. The number of methoxy groups -OCH3 is 1. The molecule has 2 N–H and O–H groups in total. The van der Waals surface area contributed by atoms with Crippen LogP contribution in [-0.4, -0.2) is 68.3 Å². The molecule has 1 atom stereocenters. The molecule has 0 spiro atoms. The summed E-state index contributed by atoms with van der Waals surface area (Å²) in [6.45, 7) is 5.39. The number of hydrogen-bond acceptors (Lipinski definition) is 6. The highest BCUT2D eigenvalue weighted by atomic mass is 16.5. The standard InChI is InChI=1S/C22H29N5O5/c1-13(2)11-26-20-14(4-7-17(28)25-9-8-16(12-25)32-3)10-23-27(20)22(31)18(21(26)30)19(29)24-15-5-6-15/h4,7,10,13,15-16,31H,5-6,8-9,11-12H2,1-3H3,(H,24,29)/b7-4+/t16-/m1/s1. The molecule has 1 saturated heterocycles. The highest BCUT2D eigenvalue weighted by molar-refractivity contribution is 5.97. The van der Waals surface area contributed by atoms with E-state index in [1.165, 1.54) is 21.4 Å². The van der Waals surface area contributed by atoms with Crippen molar-refractivity contribution in [2.45, 2.75) is 51.8 Å². The van der Waals surface area contributed by atoms with Crippen LogP contribution in [0.25, 0.3) is 11.7 Å². The van der Waals surface area contributed by atoms with E-state index in [-0.39, 0.29) is 29.5 Å². The van der Waals surface area contributed by atoms with Crippen molar-refractivity contribution >= 4 is 23.5 Å². The fourth-order valence-corrected chi connectivity index (χ4v) is 3.94. The summed E-state index contributed by atoms with van der Waals surface area (Å²) in [5, 5.41) is 17.7. The number of hydrogen-bond donors (Lipinski definition) is 2. The molecule has 3 heterocycles. The summed E-state index contributed by atoms with van der Waals surface area (Å²) in [4.78, 5) is 40.2. The Morgan fingerprint density at radius 1 is 1.34 bits per heavy atom. The van der Waals surface area contributed by atoms with Crippen molar-refractivity contribution in [3.63, 3.8) is 0 Å². The summed E-state index contributed by atoms with van der Waals surface area (Å²) in [6.07, 6.45) is 7.05. The van der Waals surface area contributed by atoms with Crippen LogP contribution in [0.3, 0.4) is 0 Å². The fourth-order valence-electron chi connectivity index (χ4n) is 3.94. The Balaban J connectivity index is 1.72. The summed E-state index contributed by atoms with van der Waals surface area (Å²) < 4.78 is 7.94. The van der Waals surface area contributed by atoms with Gasteiger partial charge in [-0.3, -0.25) is 19.0 Å². The third-order valence-electron chi connectivity index (χ3n) is 5.79. The lowest BCUT2D eigenvalue weighted by atomic mass is 10.2. The van der Waals surface area contributed by atoms with Gasteiger partial charge in [0.25, 0.3) is 11.5 Å². The maximum Gasteiger partial charge on any atom is 0.270 e. The Labute approximate surface area is 185 Å². The maximum absolute atomic E-state index is 13.2. The third-order valence-corrected chi connectivity index (χ3v) is 5.79. The lowest BCUT2D eigenvalue weighted by molar-refractivity contribution is -0.125. The summed E-state index contributed by atoms with van der Waals surface area (Å²) in [7, 11) is 1.63. The van der Waals surface area contributed by atoms with Crippen LogP contribution in [-0.2, 0) is 16.1 Å². The van der Waals surface area contributed by atoms with Crippen molar-refractivity contribution in [3.8, 4) is 5.88 Å². The highest BCUT2D eigenvalue weighted by Crippen LogP contribution is 2.23. The number of carbonyl (C=O) groups is 2. The molecular formula is C22H29N5O5. The number of nitrogens with one attached hydrogen (secondary N) is 1. The van der Waals surface area contributed by atoms with Crippen LogP contribution < -0.4 is 10.9 Å². The molecule has 4 rings (SSSR count). The number of fused-ring (bicyclic) bond motifs is 1. The van der Waals surface area contributed by atoms with Gasteiger partial charge in [-0.1, -0.05) is 13.8 Å². The predicted octanol–water partition coefficient (Wildman–Crippen LogP) is 1.01. The number of nitrogens with zero attached hydrogens (tertiary/aromatic N) is 4. The smallest absolute Gasteiger partial charge is 0.270 e. The molecule has 1 aliphatic heterocycles. The van der Waals surface area contributed by atoms with Crippen molar-refractivity contribution in [1.82, 2.24) is 24.4 Å². The van der Waals surface area contributed by atoms with Crippen molar-refractivity contribution in [2.24, 2.45) is 5.92 Å². The molecule has 2 aromatic heterocycles. The van der Waals surface area contributed by atoms with E-state index in [9.17, 15) is 19.5 Å². The van der Waals surface area contributed by atoms with Gasteiger partial charge in [0, 0.05) is 44.4 Å². The van der Waals surface area contributed by atoms with Crippen LogP contribution in [0.15, 0.2) is 17.1 Å². The van der Waals surface area contributed by atoms with Gasteiger partial charge in [0.2, 0.25) is 11.8 Å². The molecule has 2 amide bonds. The molecule has 10 nitrogen and oxygen atoms in total. The van der Waals surface area contributed by atoms with Gasteiger partial charge in [-0.15, -0.1) is 0 Å². The second-order valence-corrected chi connectivity index (χ2v) is 8.86. The molecule has 0 radical (unpaired) electrons. The van der Waals surface area contributed by atoms with E-state index in [1.54, 1.807) is 18.1 Å². The topological polar surface area (TPSA) is 118 Å². The number of ether oxygens (including phenoxy) is 1. The molecule has 0 unspecified atom stereocenters. The lowest BCUT2D eigenvalue weighted by Crippen LogP contribution is -2.36. The Bertz CT molecular complexity index is 1130. The van der Waals surface area contributed by atoms with Crippen molar-refractivity contribution in [1.29, 1.82) is 0 Å². The Hall–Kier alpha value is -3.14. The van der Waals surface area contributed by atoms with Crippen LogP contribution in [0.1, 0.15) is 49.0 Å². The number of amides is 2. The van der Waals surface area contributed by atoms with E-state index in [0.29, 0.717) is 30.8 Å². The number of rotatable bonds is 7. The summed E-state index contributed by atoms with van der Waals surface area (Å²) in [5.41, 5.74) is -0.0549. The van der Waals surface area contributed by atoms with E-state index in [0.717, 1.165) is 19.3 Å². The van der Waals surface area contributed by atoms with E-state index in [2.05, 4.69) is 10.4 Å².